The summed E-state index contributed by atoms with van der Waals surface area (Å²) in [5.74, 6) is 0. The molecule has 7 heteroatoms. The van der Waals surface area contributed by atoms with Gasteiger partial charge in [-0.15, -0.1) is 0 Å². The maximum absolute atomic E-state index is 12.4. The predicted molar refractivity (Wildman–Crippen MR) is 59.0 cm³/mol. The Morgan fingerprint density at radius 1 is 1.18 bits per heavy atom. The molecule has 0 bridgehead atoms. The molecule has 2 nitrogen and oxygen atoms in total. The van der Waals surface area contributed by atoms with Crippen LogP contribution >= 0.6 is 23.2 Å². The molecule has 0 aliphatic carbocycles. The van der Waals surface area contributed by atoms with E-state index in [1.165, 1.54) is 12.3 Å². The molecule has 17 heavy (non-hydrogen) atoms. The molecule has 0 aliphatic heterocycles. The first-order valence-corrected chi connectivity index (χ1v) is 5.20. The summed E-state index contributed by atoms with van der Waals surface area (Å²) in [5, 5.41) is 0.344. The fourth-order valence-electron chi connectivity index (χ4n) is 1.30. The van der Waals surface area contributed by atoms with Crippen molar-refractivity contribution in [2.75, 3.05) is 0 Å². The van der Waals surface area contributed by atoms with Crippen LogP contribution in [-0.4, -0.2) is 9.97 Å². The van der Waals surface area contributed by atoms with Crippen molar-refractivity contribution in [3.63, 3.8) is 0 Å². The van der Waals surface area contributed by atoms with Crippen LogP contribution in [0.3, 0.4) is 0 Å². The van der Waals surface area contributed by atoms with Gasteiger partial charge in [-0.3, -0.25) is 4.98 Å². The van der Waals surface area contributed by atoms with Crippen molar-refractivity contribution in [2.24, 2.45) is 0 Å². The highest BCUT2D eigenvalue weighted by molar-refractivity contribution is 6.33. The average Bonchev–Trinajstić information content (AvgIpc) is 2.63. The first-order chi connectivity index (χ1) is 7.88. The van der Waals surface area contributed by atoms with E-state index in [9.17, 15) is 13.2 Å². The highest BCUT2D eigenvalue weighted by Gasteiger charge is 2.31. The Morgan fingerprint density at radius 2 is 1.88 bits per heavy atom. The molecule has 0 saturated carbocycles. The van der Waals surface area contributed by atoms with Crippen LogP contribution in [0.15, 0.2) is 24.5 Å². The van der Waals surface area contributed by atoms with Gasteiger partial charge in [-0.05, 0) is 12.1 Å². The molecular formula is C10H5Cl2F3N2. The molecule has 0 saturated heterocycles. The van der Waals surface area contributed by atoms with Crippen molar-refractivity contribution in [2.45, 2.75) is 6.18 Å². The van der Waals surface area contributed by atoms with Gasteiger partial charge in [0.05, 0.1) is 21.3 Å². The number of nitrogens with zero attached hydrogens (tertiary/aromatic N) is 1. The smallest absolute Gasteiger partial charge is 0.358 e. The van der Waals surface area contributed by atoms with E-state index in [-0.39, 0.29) is 10.7 Å². The molecule has 0 radical (unpaired) electrons. The second-order valence-electron chi connectivity index (χ2n) is 3.28. The van der Waals surface area contributed by atoms with E-state index in [0.29, 0.717) is 10.7 Å². The lowest BCUT2D eigenvalue weighted by Gasteiger charge is -2.08. The summed E-state index contributed by atoms with van der Waals surface area (Å²) in [4.78, 5) is 6.45. The third kappa shape index (κ3) is 2.56. The summed E-state index contributed by atoms with van der Waals surface area (Å²) in [6.07, 6.45) is -2.23. The average molecular weight is 281 g/mol. The molecule has 2 aromatic heterocycles. The number of hydrogen-bond donors (Lipinski definition) is 1. The van der Waals surface area contributed by atoms with Gasteiger partial charge < -0.3 is 4.98 Å². The summed E-state index contributed by atoms with van der Waals surface area (Å²) in [6, 6.07) is 2.36. The Balaban J connectivity index is 2.45. The fourth-order valence-corrected chi connectivity index (χ4v) is 1.73. The van der Waals surface area contributed by atoms with Gasteiger partial charge in [-0.25, -0.2) is 0 Å². The summed E-state index contributed by atoms with van der Waals surface area (Å²) in [6.45, 7) is 0. The van der Waals surface area contributed by atoms with Gasteiger partial charge >= 0.3 is 6.18 Å². The zero-order chi connectivity index (χ0) is 12.6. The van der Waals surface area contributed by atoms with Crippen LogP contribution in [0, 0.1) is 0 Å². The molecule has 1 N–H and O–H groups in total. The number of halogens is 5. The largest absolute Gasteiger partial charge is 0.417 e. The van der Waals surface area contributed by atoms with E-state index in [2.05, 4.69) is 9.97 Å². The highest BCUT2D eigenvalue weighted by atomic mass is 35.5. The lowest BCUT2D eigenvalue weighted by Crippen LogP contribution is -2.05. The molecule has 90 valence electrons. The topological polar surface area (TPSA) is 28.7 Å². The van der Waals surface area contributed by atoms with E-state index in [4.69, 9.17) is 23.2 Å². The Bertz CT molecular complexity index is 549. The summed E-state index contributed by atoms with van der Waals surface area (Å²) >= 11 is 11.4. The number of hydrogen-bond acceptors (Lipinski definition) is 1. The van der Waals surface area contributed by atoms with Crippen LogP contribution in [0.2, 0.25) is 10.0 Å². The second-order valence-corrected chi connectivity index (χ2v) is 4.13. The van der Waals surface area contributed by atoms with Crippen molar-refractivity contribution in [3.05, 3.63) is 40.1 Å². The number of H-pyrrole nitrogens is 1. The number of aromatic nitrogens is 2. The SMILES string of the molecule is FC(F)(F)c1cnc(-c2cc(Cl)c[nH]2)c(Cl)c1. The van der Waals surface area contributed by atoms with Crippen LogP contribution < -0.4 is 0 Å². The lowest BCUT2D eigenvalue weighted by atomic mass is 10.2. The number of aromatic amines is 1. The highest BCUT2D eigenvalue weighted by Crippen LogP contribution is 2.34. The normalized spacial score (nSPS) is 11.8. The third-order valence-electron chi connectivity index (χ3n) is 2.07. The van der Waals surface area contributed by atoms with Gasteiger partial charge in [0, 0.05) is 12.4 Å². The minimum atomic E-state index is -4.46. The summed E-state index contributed by atoms with van der Waals surface area (Å²) < 4.78 is 37.1. The van der Waals surface area contributed by atoms with Crippen molar-refractivity contribution >= 4 is 23.2 Å². The Hall–Kier alpha value is -1.20. The standard InChI is InChI=1S/C10H5Cl2F3N2/c11-6-2-8(16-4-6)9-7(12)1-5(3-17-9)10(13,14)15/h1-4,16H. The minimum Gasteiger partial charge on any atom is -0.358 e. The van der Waals surface area contributed by atoms with Gasteiger partial charge in [0.15, 0.2) is 0 Å². The molecule has 2 aromatic rings. The predicted octanol–water partition coefficient (Wildman–Crippen LogP) is 4.40. The Labute approximate surface area is 104 Å². The maximum Gasteiger partial charge on any atom is 0.417 e. The van der Waals surface area contributed by atoms with E-state index in [1.807, 2.05) is 0 Å². The van der Waals surface area contributed by atoms with E-state index >= 15 is 0 Å². The van der Waals surface area contributed by atoms with Gasteiger partial charge in [0.25, 0.3) is 0 Å². The molecule has 0 spiro atoms. The zero-order valence-corrected chi connectivity index (χ0v) is 9.66. The number of alkyl halides is 3. The quantitative estimate of drug-likeness (QED) is 0.824. The second kappa shape index (κ2) is 4.23. The third-order valence-corrected chi connectivity index (χ3v) is 2.58. The van der Waals surface area contributed by atoms with Crippen molar-refractivity contribution < 1.29 is 13.2 Å². The summed E-state index contributed by atoms with van der Waals surface area (Å²) in [7, 11) is 0. The Morgan fingerprint density at radius 3 is 2.35 bits per heavy atom. The van der Waals surface area contributed by atoms with Crippen LogP contribution in [0.25, 0.3) is 11.4 Å². The molecule has 2 rings (SSSR count). The fraction of sp³-hybridized carbons (Fsp3) is 0.100. The van der Waals surface area contributed by atoms with Crippen molar-refractivity contribution in [3.8, 4) is 11.4 Å². The monoisotopic (exact) mass is 280 g/mol. The molecule has 0 fully saturated rings. The van der Waals surface area contributed by atoms with Crippen molar-refractivity contribution in [1.29, 1.82) is 0 Å². The molecular weight excluding hydrogens is 276 g/mol. The van der Waals surface area contributed by atoms with Crippen LogP contribution in [0.5, 0.6) is 0 Å². The van der Waals surface area contributed by atoms with Gasteiger partial charge in [-0.1, -0.05) is 23.2 Å². The first-order valence-electron chi connectivity index (χ1n) is 4.45. The molecule has 0 aromatic carbocycles. The minimum absolute atomic E-state index is 0.0849. The lowest BCUT2D eigenvalue weighted by molar-refractivity contribution is -0.137. The van der Waals surface area contributed by atoms with E-state index < -0.39 is 11.7 Å². The van der Waals surface area contributed by atoms with Gasteiger partial charge in [0.1, 0.15) is 5.69 Å². The van der Waals surface area contributed by atoms with Gasteiger partial charge in [-0.2, -0.15) is 13.2 Å². The number of nitrogens with one attached hydrogen (secondary N) is 1. The van der Waals surface area contributed by atoms with Crippen LogP contribution in [-0.2, 0) is 6.18 Å². The first kappa shape index (κ1) is 12.3. The maximum atomic E-state index is 12.4. The van der Waals surface area contributed by atoms with Crippen molar-refractivity contribution in [1.82, 2.24) is 9.97 Å². The molecule has 2 heterocycles. The van der Waals surface area contributed by atoms with E-state index in [0.717, 1.165) is 12.3 Å². The van der Waals surface area contributed by atoms with Crippen LogP contribution in [0.4, 0.5) is 13.2 Å². The molecule has 0 atom stereocenters. The van der Waals surface area contributed by atoms with E-state index in [1.54, 1.807) is 0 Å². The summed E-state index contributed by atoms with van der Waals surface area (Å²) in [5.41, 5.74) is -0.191. The van der Waals surface area contributed by atoms with Gasteiger partial charge in [0.2, 0.25) is 0 Å². The molecule has 0 amide bonds. The van der Waals surface area contributed by atoms with Crippen LogP contribution in [0.1, 0.15) is 5.56 Å². The number of rotatable bonds is 1. The zero-order valence-electron chi connectivity index (χ0n) is 8.15. The molecule has 0 unspecified atom stereocenters. The number of pyridine rings is 1. The molecule has 0 aliphatic rings. The Kier molecular flexibility index (Phi) is 3.05.